The van der Waals surface area contributed by atoms with Crippen molar-refractivity contribution in [1.82, 2.24) is 4.98 Å². The predicted octanol–water partition coefficient (Wildman–Crippen LogP) is 2.80. The van der Waals surface area contributed by atoms with Gasteiger partial charge in [0.15, 0.2) is 5.78 Å². The number of hydrogen-bond acceptors (Lipinski definition) is 3. The summed E-state index contributed by atoms with van der Waals surface area (Å²) in [5, 5.41) is 0. The lowest BCUT2D eigenvalue weighted by Crippen LogP contribution is -2.38. The summed E-state index contributed by atoms with van der Waals surface area (Å²) in [6.07, 6.45) is 0.458. The van der Waals surface area contributed by atoms with Crippen LogP contribution in [0.4, 0.5) is 13.2 Å². The Morgan fingerprint density at radius 1 is 1.32 bits per heavy atom. The minimum atomic E-state index is -4.55. The third-order valence-electron chi connectivity index (χ3n) is 3.55. The highest BCUT2D eigenvalue weighted by atomic mass is 19.4. The number of rotatable bonds is 2. The van der Waals surface area contributed by atoms with E-state index in [1.54, 1.807) is 0 Å². The summed E-state index contributed by atoms with van der Waals surface area (Å²) < 4.78 is 38.6. The lowest BCUT2D eigenvalue weighted by atomic mass is 9.80. The zero-order valence-electron chi connectivity index (χ0n) is 10.3. The number of halogens is 3. The van der Waals surface area contributed by atoms with Crippen LogP contribution < -0.4 is 5.73 Å². The third kappa shape index (κ3) is 2.94. The van der Waals surface area contributed by atoms with Crippen molar-refractivity contribution in [2.75, 3.05) is 0 Å². The fourth-order valence-corrected chi connectivity index (χ4v) is 2.52. The summed E-state index contributed by atoms with van der Waals surface area (Å²) in [6.45, 7) is 0. The van der Waals surface area contributed by atoms with Crippen molar-refractivity contribution in [3.05, 3.63) is 29.6 Å². The lowest BCUT2D eigenvalue weighted by Gasteiger charge is -2.28. The number of hydrogen-bond donors (Lipinski definition) is 1. The summed E-state index contributed by atoms with van der Waals surface area (Å²) in [6, 6.07) is 0.476. The fourth-order valence-electron chi connectivity index (χ4n) is 2.52. The van der Waals surface area contributed by atoms with Gasteiger partial charge in [-0.15, -0.1) is 0 Å². The fraction of sp³-hybridized carbons (Fsp3) is 0.538. The number of carbonyl (C=O) groups is 1. The van der Waals surface area contributed by atoms with E-state index in [1.807, 2.05) is 0 Å². The van der Waals surface area contributed by atoms with Crippen LogP contribution in [0.15, 0.2) is 18.5 Å². The van der Waals surface area contributed by atoms with Gasteiger partial charge in [0.1, 0.15) is 0 Å². The average molecular weight is 272 g/mol. The molecule has 1 fully saturated rings. The van der Waals surface area contributed by atoms with Crippen LogP contribution in [0.2, 0.25) is 0 Å². The van der Waals surface area contributed by atoms with Gasteiger partial charge in [-0.25, -0.2) is 0 Å². The standard InChI is InChI=1S/C13H15F3N2O/c14-13(15,16)10-5-6-18-7-9(10)12(19)8-3-1-2-4-11(8)17/h5-8,11H,1-4,17H2. The number of pyridine rings is 1. The molecule has 0 aliphatic heterocycles. The molecule has 0 radical (unpaired) electrons. The van der Waals surface area contributed by atoms with Crippen LogP contribution in [-0.2, 0) is 6.18 Å². The summed E-state index contributed by atoms with van der Waals surface area (Å²) in [5.41, 5.74) is 4.56. The molecule has 2 atom stereocenters. The Morgan fingerprint density at radius 2 is 2.00 bits per heavy atom. The molecule has 1 aromatic heterocycles. The molecule has 2 unspecified atom stereocenters. The zero-order valence-corrected chi connectivity index (χ0v) is 10.3. The van der Waals surface area contributed by atoms with Crippen LogP contribution >= 0.6 is 0 Å². The monoisotopic (exact) mass is 272 g/mol. The Morgan fingerprint density at radius 3 is 2.63 bits per heavy atom. The van der Waals surface area contributed by atoms with Gasteiger partial charge in [0.2, 0.25) is 0 Å². The molecular formula is C13H15F3N2O. The van der Waals surface area contributed by atoms with E-state index in [4.69, 9.17) is 5.73 Å². The van der Waals surface area contributed by atoms with E-state index in [9.17, 15) is 18.0 Å². The smallest absolute Gasteiger partial charge is 0.327 e. The minimum Gasteiger partial charge on any atom is -0.327 e. The van der Waals surface area contributed by atoms with Crippen LogP contribution in [-0.4, -0.2) is 16.8 Å². The molecule has 1 aliphatic carbocycles. The molecule has 1 saturated carbocycles. The van der Waals surface area contributed by atoms with Crippen molar-refractivity contribution in [1.29, 1.82) is 0 Å². The molecule has 19 heavy (non-hydrogen) atoms. The van der Waals surface area contributed by atoms with Gasteiger partial charge in [-0.1, -0.05) is 12.8 Å². The van der Waals surface area contributed by atoms with E-state index in [0.717, 1.165) is 31.3 Å². The highest BCUT2D eigenvalue weighted by molar-refractivity contribution is 5.99. The maximum absolute atomic E-state index is 12.9. The quantitative estimate of drug-likeness (QED) is 0.842. The van der Waals surface area contributed by atoms with Gasteiger partial charge >= 0.3 is 6.18 Å². The van der Waals surface area contributed by atoms with Crippen molar-refractivity contribution in [2.45, 2.75) is 37.9 Å². The first-order chi connectivity index (χ1) is 8.91. The normalized spacial score (nSPS) is 24.2. The Kier molecular flexibility index (Phi) is 3.89. The molecule has 1 aliphatic rings. The summed E-state index contributed by atoms with van der Waals surface area (Å²) in [7, 11) is 0. The van der Waals surface area contributed by atoms with Gasteiger partial charge < -0.3 is 5.73 Å². The molecule has 6 heteroatoms. The maximum atomic E-state index is 12.9. The molecule has 2 N–H and O–H groups in total. The molecule has 0 aromatic carbocycles. The van der Waals surface area contributed by atoms with Gasteiger partial charge in [0, 0.05) is 29.9 Å². The van der Waals surface area contributed by atoms with Gasteiger partial charge in [0.05, 0.1) is 5.56 Å². The molecule has 3 nitrogen and oxygen atoms in total. The zero-order chi connectivity index (χ0) is 14.0. The SMILES string of the molecule is NC1CCCCC1C(=O)c1cnccc1C(F)(F)F. The van der Waals surface area contributed by atoms with Crippen LogP contribution in [0.5, 0.6) is 0 Å². The Labute approximate surface area is 109 Å². The van der Waals surface area contributed by atoms with Gasteiger partial charge in [-0.05, 0) is 18.9 Å². The van der Waals surface area contributed by atoms with E-state index in [0.29, 0.717) is 12.8 Å². The molecule has 0 bridgehead atoms. The Hall–Kier alpha value is -1.43. The van der Waals surface area contributed by atoms with E-state index >= 15 is 0 Å². The molecule has 104 valence electrons. The number of ketones is 1. The number of Topliss-reactive ketones (excluding diaryl/α,β-unsaturated/α-hetero) is 1. The predicted molar refractivity (Wildman–Crippen MR) is 63.5 cm³/mol. The van der Waals surface area contributed by atoms with E-state index in [-0.39, 0.29) is 11.6 Å². The first-order valence-electron chi connectivity index (χ1n) is 6.22. The Balaban J connectivity index is 2.33. The third-order valence-corrected chi connectivity index (χ3v) is 3.55. The minimum absolute atomic E-state index is 0.359. The number of alkyl halides is 3. The van der Waals surface area contributed by atoms with Crippen LogP contribution in [0.3, 0.4) is 0 Å². The van der Waals surface area contributed by atoms with Crippen molar-refractivity contribution < 1.29 is 18.0 Å². The highest BCUT2D eigenvalue weighted by Crippen LogP contribution is 2.34. The average Bonchev–Trinajstić information content (AvgIpc) is 2.37. The largest absolute Gasteiger partial charge is 0.417 e. The van der Waals surface area contributed by atoms with E-state index < -0.39 is 23.4 Å². The Bertz CT molecular complexity index is 473. The summed E-state index contributed by atoms with van der Waals surface area (Å²) in [5.74, 6) is -1.06. The molecule has 1 heterocycles. The first-order valence-corrected chi connectivity index (χ1v) is 6.22. The van der Waals surface area contributed by atoms with Gasteiger partial charge in [0.25, 0.3) is 0 Å². The molecule has 2 rings (SSSR count). The van der Waals surface area contributed by atoms with Gasteiger partial charge in [-0.2, -0.15) is 13.2 Å². The molecular weight excluding hydrogens is 257 g/mol. The highest BCUT2D eigenvalue weighted by Gasteiger charge is 2.38. The van der Waals surface area contributed by atoms with Crippen LogP contribution in [0.1, 0.15) is 41.6 Å². The maximum Gasteiger partial charge on any atom is 0.417 e. The van der Waals surface area contributed by atoms with E-state index in [1.165, 1.54) is 0 Å². The van der Waals surface area contributed by atoms with E-state index in [2.05, 4.69) is 4.98 Å². The summed E-state index contributed by atoms with van der Waals surface area (Å²) >= 11 is 0. The van der Waals surface area contributed by atoms with Gasteiger partial charge in [-0.3, -0.25) is 9.78 Å². The number of carbonyl (C=O) groups excluding carboxylic acids is 1. The number of nitrogens with two attached hydrogens (primary N) is 1. The van der Waals surface area contributed by atoms with Crippen LogP contribution in [0.25, 0.3) is 0 Å². The van der Waals surface area contributed by atoms with Crippen molar-refractivity contribution in [3.8, 4) is 0 Å². The number of aromatic nitrogens is 1. The molecule has 0 spiro atoms. The van der Waals surface area contributed by atoms with Crippen molar-refractivity contribution in [2.24, 2.45) is 11.7 Å². The van der Waals surface area contributed by atoms with Crippen molar-refractivity contribution in [3.63, 3.8) is 0 Å². The van der Waals surface area contributed by atoms with Crippen LogP contribution in [0, 0.1) is 5.92 Å². The van der Waals surface area contributed by atoms with Crippen molar-refractivity contribution >= 4 is 5.78 Å². The lowest BCUT2D eigenvalue weighted by molar-refractivity contribution is -0.138. The first kappa shape index (κ1) is 14.0. The molecule has 1 aromatic rings. The second kappa shape index (κ2) is 5.28. The molecule has 0 amide bonds. The number of nitrogens with zero attached hydrogens (tertiary/aromatic N) is 1. The topological polar surface area (TPSA) is 56.0 Å². The molecule has 0 saturated heterocycles. The second-order valence-corrected chi connectivity index (χ2v) is 4.84. The summed E-state index contributed by atoms with van der Waals surface area (Å²) in [4.78, 5) is 15.9. The second-order valence-electron chi connectivity index (χ2n) is 4.84.